The average Bonchev–Trinajstić information content (AvgIpc) is 2.16. The van der Waals surface area contributed by atoms with Crippen LogP contribution in [0.4, 0.5) is 0 Å². The van der Waals surface area contributed by atoms with Crippen LogP contribution < -0.4 is 0 Å². The maximum Gasteiger partial charge on any atom is 0.167 e. The predicted molar refractivity (Wildman–Crippen MR) is 56.9 cm³/mol. The molecule has 0 saturated heterocycles. The molecule has 1 N–H and O–H groups in total. The minimum absolute atomic E-state index is 0.361. The maximum absolute atomic E-state index is 9.83. The molecular weight excluding hydrogens is 176 g/mol. The van der Waals surface area contributed by atoms with Gasteiger partial charge in [-0.1, -0.05) is 36.4 Å². The average molecular weight is 192 g/mol. The van der Waals surface area contributed by atoms with E-state index in [2.05, 4.69) is 6.58 Å². The Kier molecular flexibility index (Phi) is 3.86. The lowest BCUT2D eigenvalue weighted by Crippen LogP contribution is -2.31. The van der Waals surface area contributed by atoms with Gasteiger partial charge in [-0.15, -0.1) is 6.58 Å². The van der Waals surface area contributed by atoms with Gasteiger partial charge in [0.2, 0.25) is 0 Å². The molecule has 1 aromatic rings. The Labute approximate surface area is 84.8 Å². The monoisotopic (exact) mass is 192 g/mol. The van der Waals surface area contributed by atoms with Crippen LogP contribution in [0, 0.1) is 0 Å². The fourth-order valence-corrected chi connectivity index (χ4v) is 1.26. The molecule has 0 saturated carbocycles. The molecule has 76 valence electrons. The molecule has 0 amide bonds. The summed E-state index contributed by atoms with van der Waals surface area (Å²) in [5.74, 6) is -1.12. The third-order valence-corrected chi connectivity index (χ3v) is 1.89. The number of hydrogen-bond donors (Lipinski definition) is 1. The normalized spacial score (nSPS) is 14.7. The second-order valence-corrected chi connectivity index (χ2v) is 3.44. The highest BCUT2D eigenvalue weighted by molar-refractivity contribution is 5.15. The topological polar surface area (TPSA) is 29.5 Å². The van der Waals surface area contributed by atoms with E-state index in [-0.39, 0.29) is 0 Å². The van der Waals surface area contributed by atoms with Crippen molar-refractivity contribution in [1.29, 1.82) is 0 Å². The van der Waals surface area contributed by atoms with Gasteiger partial charge in [-0.2, -0.15) is 0 Å². The molecule has 14 heavy (non-hydrogen) atoms. The van der Waals surface area contributed by atoms with E-state index >= 15 is 0 Å². The van der Waals surface area contributed by atoms with Crippen molar-refractivity contribution in [3.05, 3.63) is 48.6 Å². The lowest BCUT2D eigenvalue weighted by atomic mass is 10.1. The zero-order valence-corrected chi connectivity index (χ0v) is 8.44. The molecule has 1 aromatic carbocycles. The van der Waals surface area contributed by atoms with Gasteiger partial charge in [0.05, 0.1) is 6.61 Å². The maximum atomic E-state index is 9.83. The molecule has 0 fully saturated rings. The van der Waals surface area contributed by atoms with Gasteiger partial charge in [0.25, 0.3) is 0 Å². The molecule has 0 aliphatic heterocycles. The Hall–Kier alpha value is -1.12. The lowest BCUT2D eigenvalue weighted by molar-refractivity contribution is -0.180. The van der Waals surface area contributed by atoms with Crippen LogP contribution in [0.15, 0.2) is 43.0 Å². The van der Waals surface area contributed by atoms with Crippen LogP contribution in [0.5, 0.6) is 0 Å². The van der Waals surface area contributed by atoms with E-state index in [4.69, 9.17) is 4.74 Å². The molecule has 1 unspecified atom stereocenters. The van der Waals surface area contributed by atoms with E-state index in [9.17, 15) is 5.11 Å². The number of ether oxygens (including phenoxy) is 1. The van der Waals surface area contributed by atoms with Gasteiger partial charge < -0.3 is 9.84 Å². The SMILES string of the molecule is C=CCOC(C)(O)Cc1ccccc1. The lowest BCUT2D eigenvalue weighted by Gasteiger charge is -2.23. The molecule has 0 aromatic heterocycles. The zero-order valence-electron chi connectivity index (χ0n) is 8.44. The number of rotatable bonds is 5. The van der Waals surface area contributed by atoms with E-state index < -0.39 is 5.79 Å². The molecule has 1 rings (SSSR count). The highest BCUT2D eigenvalue weighted by atomic mass is 16.6. The minimum atomic E-state index is -1.12. The summed E-state index contributed by atoms with van der Waals surface area (Å²) in [7, 11) is 0. The second kappa shape index (κ2) is 4.94. The van der Waals surface area contributed by atoms with Gasteiger partial charge in [-0.3, -0.25) is 0 Å². The molecule has 0 heterocycles. The summed E-state index contributed by atoms with van der Waals surface area (Å²) in [6.45, 7) is 5.55. The Morgan fingerprint density at radius 1 is 1.43 bits per heavy atom. The first-order valence-corrected chi connectivity index (χ1v) is 4.65. The van der Waals surface area contributed by atoms with Gasteiger partial charge >= 0.3 is 0 Å². The summed E-state index contributed by atoms with van der Waals surface area (Å²) < 4.78 is 5.22. The van der Waals surface area contributed by atoms with E-state index in [1.807, 2.05) is 30.3 Å². The highest BCUT2D eigenvalue weighted by Crippen LogP contribution is 2.14. The van der Waals surface area contributed by atoms with Crippen molar-refractivity contribution in [1.82, 2.24) is 0 Å². The molecule has 0 radical (unpaired) electrons. The largest absolute Gasteiger partial charge is 0.365 e. The van der Waals surface area contributed by atoms with Gasteiger partial charge in [0, 0.05) is 6.42 Å². The van der Waals surface area contributed by atoms with Crippen LogP contribution in [0.25, 0.3) is 0 Å². The molecule has 2 heteroatoms. The summed E-state index contributed by atoms with van der Waals surface area (Å²) in [6.07, 6.45) is 2.11. The third-order valence-electron chi connectivity index (χ3n) is 1.89. The molecule has 0 aliphatic carbocycles. The predicted octanol–water partition coefficient (Wildman–Crippen LogP) is 2.14. The molecule has 1 atom stereocenters. The number of aliphatic hydroxyl groups is 1. The first-order valence-electron chi connectivity index (χ1n) is 4.65. The molecule has 0 bridgehead atoms. The van der Waals surface area contributed by atoms with Crippen LogP contribution in [-0.2, 0) is 11.2 Å². The quantitative estimate of drug-likeness (QED) is 0.572. The Morgan fingerprint density at radius 2 is 2.07 bits per heavy atom. The summed E-state index contributed by atoms with van der Waals surface area (Å²) in [5, 5.41) is 9.83. The van der Waals surface area contributed by atoms with Crippen LogP contribution >= 0.6 is 0 Å². The van der Waals surface area contributed by atoms with Gasteiger partial charge in [0.1, 0.15) is 0 Å². The first kappa shape index (κ1) is 11.0. The van der Waals surface area contributed by atoms with Gasteiger partial charge in [-0.05, 0) is 12.5 Å². The molecule has 2 nitrogen and oxygen atoms in total. The smallest absolute Gasteiger partial charge is 0.167 e. The molecular formula is C12H16O2. The fraction of sp³-hybridized carbons (Fsp3) is 0.333. The van der Waals surface area contributed by atoms with E-state index in [1.165, 1.54) is 0 Å². The number of hydrogen-bond acceptors (Lipinski definition) is 2. The van der Waals surface area contributed by atoms with Crippen LogP contribution in [0.1, 0.15) is 12.5 Å². The van der Waals surface area contributed by atoms with E-state index in [1.54, 1.807) is 13.0 Å². The van der Waals surface area contributed by atoms with Gasteiger partial charge in [0.15, 0.2) is 5.79 Å². The third kappa shape index (κ3) is 3.73. The van der Waals surface area contributed by atoms with Crippen molar-refractivity contribution in [2.45, 2.75) is 19.1 Å². The van der Waals surface area contributed by atoms with Crippen molar-refractivity contribution >= 4 is 0 Å². The Bertz CT molecular complexity index is 278. The zero-order chi connectivity index (χ0) is 10.4. The fourth-order valence-electron chi connectivity index (χ4n) is 1.26. The Balaban J connectivity index is 2.54. The highest BCUT2D eigenvalue weighted by Gasteiger charge is 2.20. The van der Waals surface area contributed by atoms with Crippen LogP contribution in [0.3, 0.4) is 0 Å². The van der Waals surface area contributed by atoms with Crippen molar-refractivity contribution in [3.63, 3.8) is 0 Å². The summed E-state index contributed by atoms with van der Waals surface area (Å²) in [4.78, 5) is 0. The van der Waals surface area contributed by atoms with E-state index in [0.717, 1.165) is 5.56 Å². The van der Waals surface area contributed by atoms with E-state index in [0.29, 0.717) is 13.0 Å². The standard InChI is InChI=1S/C12H16O2/c1-3-9-14-12(2,13)10-11-7-5-4-6-8-11/h3-8,13H,1,9-10H2,2H3. The van der Waals surface area contributed by atoms with Crippen molar-refractivity contribution in [2.75, 3.05) is 6.61 Å². The van der Waals surface area contributed by atoms with Crippen LogP contribution in [0.2, 0.25) is 0 Å². The summed E-state index contributed by atoms with van der Waals surface area (Å²) in [5.41, 5.74) is 1.06. The van der Waals surface area contributed by atoms with Crippen molar-refractivity contribution in [3.8, 4) is 0 Å². The molecule has 0 aliphatic rings. The van der Waals surface area contributed by atoms with Crippen molar-refractivity contribution in [2.24, 2.45) is 0 Å². The van der Waals surface area contributed by atoms with Crippen molar-refractivity contribution < 1.29 is 9.84 Å². The molecule has 0 spiro atoms. The Morgan fingerprint density at radius 3 is 2.64 bits per heavy atom. The first-order chi connectivity index (χ1) is 6.64. The second-order valence-electron chi connectivity index (χ2n) is 3.44. The summed E-state index contributed by atoms with van der Waals surface area (Å²) >= 11 is 0. The summed E-state index contributed by atoms with van der Waals surface area (Å²) in [6, 6.07) is 9.76. The van der Waals surface area contributed by atoms with Crippen LogP contribution in [-0.4, -0.2) is 17.5 Å². The van der Waals surface area contributed by atoms with Gasteiger partial charge in [-0.25, -0.2) is 0 Å². The number of benzene rings is 1. The minimum Gasteiger partial charge on any atom is -0.365 e.